The first-order chi connectivity index (χ1) is 10.5. The zero-order valence-electron chi connectivity index (χ0n) is 13.3. The van der Waals surface area contributed by atoms with Gasteiger partial charge in [0.05, 0.1) is 11.8 Å². The van der Waals surface area contributed by atoms with Gasteiger partial charge in [0.25, 0.3) is 0 Å². The van der Waals surface area contributed by atoms with Gasteiger partial charge in [-0.1, -0.05) is 0 Å². The van der Waals surface area contributed by atoms with E-state index in [1.165, 1.54) is 12.1 Å². The molecule has 0 unspecified atom stereocenters. The molecule has 1 heterocycles. The number of rotatable bonds is 6. The SMILES string of the molecule is CC(C)Oc1ccc(F)cc1NC(=O)CCC1CCNCC1. The van der Waals surface area contributed by atoms with E-state index in [1.807, 2.05) is 13.8 Å². The Kier molecular flexibility index (Phi) is 6.19. The van der Waals surface area contributed by atoms with Crippen LogP contribution in [0.15, 0.2) is 18.2 Å². The Bertz CT molecular complexity index is 499. The molecule has 1 aromatic carbocycles. The summed E-state index contributed by atoms with van der Waals surface area (Å²) < 4.78 is 19.0. The first-order valence-corrected chi connectivity index (χ1v) is 8.01. The summed E-state index contributed by atoms with van der Waals surface area (Å²) in [6.45, 7) is 5.85. The molecule has 0 atom stereocenters. The Morgan fingerprint density at radius 1 is 1.41 bits per heavy atom. The van der Waals surface area contributed by atoms with Gasteiger partial charge in [0.1, 0.15) is 11.6 Å². The average molecular weight is 308 g/mol. The van der Waals surface area contributed by atoms with Crippen molar-refractivity contribution in [2.45, 2.75) is 45.6 Å². The Hall–Kier alpha value is -1.62. The molecule has 2 rings (SSSR count). The molecule has 0 radical (unpaired) electrons. The van der Waals surface area contributed by atoms with Gasteiger partial charge < -0.3 is 15.4 Å². The predicted molar refractivity (Wildman–Crippen MR) is 85.6 cm³/mol. The van der Waals surface area contributed by atoms with E-state index in [9.17, 15) is 9.18 Å². The number of hydrogen-bond donors (Lipinski definition) is 2. The van der Waals surface area contributed by atoms with Crippen LogP contribution in [0.5, 0.6) is 5.75 Å². The van der Waals surface area contributed by atoms with E-state index in [0.29, 0.717) is 23.8 Å². The summed E-state index contributed by atoms with van der Waals surface area (Å²) in [5.41, 5.74) is 0.406. The second-order valence-electron chi connectivity index (χ2n) is 6.09. The lowest BCUT2D eigenvalue weighted by molar-refractivity contribution is -0.116. The quantitative estimate of drug-likeness (QED) is 0.847. The minimum absolute atomic E-state index is 0.0316. The molecular formula is C17H25FN2O2. The number of carbonyl (C=O) groups excluding carboxylic acids is 1. The van der Waals surface area contributed by atoms with E-state index in [-0.39, 0.29) is 17.8 Å². The standard InChI is InChI=1S/C17H25FN2O2/c1-12(2)22-16-5-4-14(18)11-15(16)20-17(21)6-3-13-7-9-19-10-8-13/h4-5,11-13,19H,3,6-10H2,1-2H3,(H,20,21). The topological polar surface area (TPSA) is 50.4 Å². The highest BCUT2D eigenvalue weighted by Crippen LogP contribution is 2.27. The maximum absolute atomic E-state index is 13.4. The third-order valence-corrected chi connectivity index (χ3v) is 3.82. The maximum atomic E-state index is 13.4. The van der Waals surface area contributed by atoms with E-state index in [1.54, 1.807) is 6.07 Å². The lowest BCUT2D eigenvalue weighted by atomic mass is 9.93. The van der Waals surface area contributed by atoms with Crippen LogP contribution in [0.3, 0.4) is 0 Å². The minimum Gasteiger partial charge on any atom is -0.489 e. The van der Waals surface area contributed by atoms with Gasteiger partial charge in [-0.15, -0.1) is 0 Å². The van der Waals surface area contributed by atoms with Crippen LogP contribution in [0.4, 0.5) is 10.1 Å². The van der Waals surface area contributed by atoms with Gasteiger partial charge in [-0.3, -0.25) is 4.79 Å². The smallest absolute Gasteiger partial charge is 0.224 e. The number of nitrogens with one attached hydrogen (secondary N) is 2. The first kappa shape index (κ1) is 16.7. The maximum Gasteiger partial charge on any atom is 0.224 e. The highest BCUT2D eigenvalue weighted by molar-refractivity contribution is 5.92. The molecule has 0 bridgehead atoms. The number of halogens is 1. The Morgan fingerprint density at radius 3 is 2.82 bits per heavy atom. The van der Waals surface area contributed by atoms with Crippen molar-refractivity contribution in [2.24, 2.45) is 5.92 Å². The monoisotopic (exact) mass is 308 g/mol. The second-order valence-corrected chi connectivity index (χ2v) is 6.09. The normalized spacial score (nSPS) is 15.8. The molecule has 1 amide bonds. The summed E-state index contributed by atoms with van der Waals surface area (Å²) in [4.78, 5) is 12.1. The summed E-state index contributed by atoms with van der Waals surface area (Å²) in [5, 5.41) is 6.09. The fraction of sp³-hybridized carbons (Fsp3) is 0.588. The van der Waals surface area contributed by atoms with Crippen LogP contribution in [0.25, 0.3) is 0 Å². The summed E-state index contributed by atoms with van der Waals surface area (Å²) in [6, 6.07) is 4.19. The van der Waals surface area contributed by atoms with Gasteiger partial charge in [0.2, 0.25) is 5.91 Å². The molecule has 1 fully saturated rings. The number of hydrogen-bond acceptors (Lipinski definition) is 3. The average Bonchev–Trinajstić information content (AvgIpc) is 2.49. The zero-order valence-corrected chi connectivity index (χ0v) is 13.3. The summed E-state index contributed by atoms with van der Waals surface area (Å²) in [7, 11) is 0. The molecule has 1 aromatic rings. The van der Waals surface area contributed by atoms with Crippen LogP contribution in [0, 0.1) is 11.7 Å². The van der Waals surface area contributed by atoms with Crippen molar-refractivity contribution in [3.8, 4) is 5.75 Å². The van der Waals surface area contributed by atoms with Crippen LogP contribution in [0.1, 0.15) is 39.5 Å². The van der Waals surface area contributed by atoms with Gasteiger partial charge in [-0.2, -0.15) is 0 Å². The molecule has 1 aliphatic heterocycles. The summed E-state index contributed by atoms with van der Waals surface area (Å²) in [6.07, 6.45) is 3.55. The highest BCUT2D eigenvalue weighted by atomic mass is 19.1. The fourth-order valence-corrected chi connectivity index (χ4v) is 2.67. The second kappa shape index (κ2) is 8.13. The van der Waals surface area contributed by atoms with E-state index < -0.39 is 0 Å². The van der Waals surface area contributed by atoms with E-state index in [4.69, 9.17) is 4.74 Å². The van der Waals surface area contributed by atoms with Gasteiger partial charge in [0, 0.05) is 12.5 Å². The minimum atomic E-state index is -0.384. The number of anilines is 1. The molecule has 4 nitrogen and oxygen atoms in total. The van der Waals surface area contributed by atoms with Gasteiger partial charge in [0.15, 0.2) is 0 Å². The Balaban J connectivity index is 1.90. The van der Waals surface area contributed by atoms with Crippen LogP contribution >= 0.6 is 0 Å². The molecule has 122 valence electrons. The zero-order chi connectivity index (χ0) is 15.9. The lowest BCUT2D eigenvalue weighted by Crippen LogP contribution is -2.28. The molecule has 1 aliphatic rings. The van der Waals surface area contributed by atoms with Crippen molar-refractivity contribution in [2.75, 3.05) is 18.4 Å². The molecule has 0 aromatic heterocycles. The van der Waals surface area contributed by atoms with Crippen molar-refractivity contribution >= 4 is 11.6 Å². The fourth-order valence-electron chi connectivity index (χ4n) is 2.67. The Labute approximate surface area is 131 Å². The molecule has 0 aliphatic carbocycles. The number of carbonyl (C=O) groups is 1. The van der Waals surface area contributed by atoms with E-state index in [2.05, 4.69) is 10.6 Å². The van der Waals surface area contributed by atoms with Gasteiger partial charge in [-0.05, 0) is 64.3 Å². The number of ether oxygens (including phenoxy) is 1. The van der Waals surface area contributed by atoms with Crippen LogP contribution in [-0.2, 0) is 4.79 Å². The number of amides is 1. The molecule has 0 spiro atoms. The summed E-state index contributed by atoms with van der Waals surface area (Å²) in [5.74, 6) is 0.639. The first-order valence-electron chi connectivity index (χ1n) is 8.01. The molecule has 0 saturated carbocycles. The van der Waals surface area contributed by atoms with Gasteiger partial charge in [-0.25, -0.2) is 4.39 Å². The number of benzene rings is 1. The van der Waals surface area contributed by atoms with E-state index >= 15 is 0 Å². The van der Waals surface area contributed by atoms with Crippen molar-refractivity contribution in [1.82, 2.24) is 5.32 Å². The van der Waals surface area contributed by atoms with Crippen LogP contribution < -0.4 is 15.4 Å². The van der Waals surface area contributed by atoms with Crippen LogP contribution in [0.2, 0.25) is 0 Å². The molecule has 5 heteroatoms. The molecular weight excluding hydrogens is 283 g/mol. The summed E-state index contributed by atoms with van der Waals surface area (Å²) >= 11 is 0. The third-order valence-electron chi connectivity index (χ3n) is 3.82. The van der Waals surface area contributed by atoms with E-state index in [0.717, 1.165) is 32.4 Å². The van der Waals surface area contributed by atoms with Crippen molar-refractivity contribution in [3.63, 3.8) is 0 Å². The molecule has 1 saturated heterocycles. The van der Waals surface area contributed by atoms with Gasteiger partial charge >= 0.3 is 0 Å². The Morgan fingerprint density at radius 2 is 2.14 bits per heavy atom. The highest BCUT2D eigenvalue weighted by Gasteiger charge is 2.16. The molecule has 2 N–H and O–H groups in total. The van der Waals surface area contributed by atoms with Crippen molar-refractivity contribution in [1.29, 1.82) is 0 Å². The largest absolute Gasteiger partial charge is 0.489 e. The predicted octanol–water partition coefficient (Wildman–Crippen LogP) is 3.33. The molecule has 22 heavy (non-hydrogen) atoms. The van der Waals surface area contributed by atoms with Crippen molar-refractivity contribution < 1.29 is 13.9 Å². The number of piperidine rings is 1. The van der Waals surface area contributed by atoms with Crippen molar-refractivity contribution in [3.05, 3.63) is 24.0 Å². The lowest BCUT2D eigenvalue weighted by Gasteiger charge is -2.22. The third kappa shape index (κ3) is 5.30. The van der Waals surface area contributed by atoms with Crippen LogP contribution in [-0.4, -0.2) is 25.1 Å².